The van der Waals surface area contributed by atoms with Gasteiger partial charge in [0.2, 0.25) is 0 Å². The number of amides is 1. The van der Waals surface area contributed by atoms with Crippen molar-refractivity contribution in [3.8, 4) is 17.5 Å². The summed E-state index contributed by atoms with van der Waals surface area (Å²) in [5.41, 5.74) is 0.853. The minimum Gasteiger partial charge on any atom is -0.315 e. The van der Waals surface area contributed by atoms with Gasteiger partial charge in [-0.25, -0.2) is 9.67 Å². The fourth-order valence-corrected chi connectivity index (χ4v) is 2.07. The maximum Gasteiger partial charge on any atom is 0.416 e. The zero-order chi connectivity index (χ0) is 18.6. The van der Waals surface area contributed by atoms with Gasteiger partial charge in [-0.1, -0.05) is 5.92 Å². The number of benzene rings is 2. The first kappa shape index (κ1) is 17.2. The molecule has 0 saturated carbocycles. The van der Waals surface area contributed by atoms with Gasteiger partial charge in [0.1, 0.15) is 12.7 Å². The fraction of sp³-hybridized carbons (Fsp3) is 0.0556. The molecular weight excluding hydrogens is 345 g/mol. The van der Waals surface area contributed by atoms with Gasteiger partial charge >= 0.3 is 12.1 Å². The van der Waals surface area contributed by atoms with Crippen LogP contribution in [0.3, 0.4) is 0 Å². The normalized spacial score (nSPS) is 10.7. The molecule has 8 heteroatoms. The number of anilines is 1. The standard InChI is InChI=1S/C18H11F3N4O/c19-18(20,21)14-4-1-13(2-5-14)3-10-17(26)24-15-6-8-16(9-7-15)25-12-22-11-23-25/h1-2,4-9,11-12H,(H,24,26). The number of rotatable bonds is 2. The number of nitrogens with zero attached hydrogens (tertiary/aromatic N) is 3. The first-order valence-corrected chi connectivity index (χ1v) is 7.37. The van der Waals surface area contributed by atoms with Gasteiger partial charge in [-0.15, -0.1) is 0 Å². The van der Waals surface area contributed by atoms with Crippen molar-refractivity contribution in [2.45, 2.75) is 6.18 Å². The van der Waals surface area contributed by atoms with E-state index in [1.54, 1.807) is 35.3 Å². The smallest absolute Gasteiger partial charge is 0.315 e. The van der Waals surface area contributed by atoms with Crippen molar-refractivity contribution in [1.82, 2.24) is 14.8 Å². The van der Waals surface area contributed by atoms with Crippen LogP contribution in [-0.4, -0.2) is 20.7 Å². The summed E-state index contributed by atoms with van der Waals surface area (Å²) < 4.78 is 39.0. The van der Waals surface area contributed by atoms with Gasteiger partial charge < -0.3 is 5.32 Å². The number of hydrogen-bond acceptors (Lipinski definition) is 3. The van der Waals surface area contributed by atoms with Crippen LogP contribution >= 0.6 is 0 Å². The minimum absolute atomic E-state index is 0.315. The van der Waals surface area contributed by atoms with Crippen LogP contribution in [-0.2, 0) is 11.0 Å². The molecule has 0 fully saturated rings. The van der Waals surface area contributed by atoms with Crippen LogP contribution in [0.15, 0.2) is 61.2 Å². The molecule has 1 heterocycles. The van der Waals surface area contributed by atoms with Crippen LogP contribution in [0.1, 0.15) is 11.1 Å². The minimum atomic E-state index is -4.40. The molecule has 0 aliphatic carbocycles. The third-order valence-corrected chi connectivity index (χ3v) is 3.34. The number of carbonyl (C=O) groups excluding carboxylic acids is 1. The molecule has 3 aromatic rings. The van der Waals surface area contributed by atoms with Crippen LogP contribution in [0.5, 0.6) is 0 Å². The third kappa shape index (κ3) is 4.27. The molecule has 0 saturated heterocycles. The Labute approximate surface area is 146 Å². The Bertz CT molecular complexity index is 951. The van der Waals surface area contributed by atoms with Crippen molar-refractivity contribution in [1.29, 1.82) is 0 Å². The summed E-state index contributed by atoms with van der Waals surface area (Å²) in [5, 5.41) is 6.57. The Morgan fingerprint density at radius 1 is 1.04 bits per heavy atom. The third-order valence-electron chi connectivity index (χ3n) is 3.34. The summed E-state index contributed by atoms with van der Waals surface area (Å²) in [6.45, 7) is 0. The van der Waals surface area contributed by atoms with Gasteiger partial charge in [0.25, 0.3) is 0 Å². The highest BCUT2D eigenvalue weighted by Crippen LogP contribution is 2.28. The van der Waals surface area contributed by atoms with E-state index in [4.69, 9.17) is 0 Å². The molecule has 3 rings (SSSR count). The molecule has 1 aromatic heterocycles. The Kier molecular flexibility index (Phi) is 4.71. The van der Waals surface area contributed by atoms with Gasteiger partial charge in [0, 0.05) is 17.2 Å². The van der Waals surface area contributed by atoms with Crippen LogP contribution in [0.2, 0.25) is 0 Å². The average molecular weight is 356 g/mol. The second kappa shape index (κ2) is 7.11. The van der Waals surface area contributed by atoms with E-state index in [-0.39, 0.29) is 0 Å². The van der Waals surface area contributed by atoms with Crippen molar-refractivity contribution in [2.24, 2.45) is 0 Å². The summed E-state index contributed by atoms with van der Waals surface area (Å²) in [6.07, 6.45) is -1.45. The van der Waals surface area contributed by atoms with Crippen molar-refractivity contribution < 1.29 is 18.0 Å². The van der Waals surface area contributed by atoms with Gasteiger partial charge in [-0.05, 0) is 48.5 Å². The predicted molar refractivity (Wildman–Crippen MR) is 88.3 cm³/mol. The molecular formula is C18H11F3N4O. The molecule has 1 amide bonds. The van der Waals surface area contributed by atoms with Crippen LogP contribution in [0, 0.1) is 11.8 Å². The Balaban J connectivity index is 1.63. The number of aromatic nitrogens is 3. The lowest BCUT2D eigenvalue weighted by Gasteiger charge is -2.05. The maximum absolute atomic E-state index is 12.5. The number of carbonyl (C=O) groups is 1. The lowest BCUT2D eigenvalue weighted by Crippen LogP contribution is -2.08. The van der Waals surface area contributed by atoms with Crippen molar-refractivity contribution in [2.75, 3.05) is 5.32 Å². The zero-order valence-corrected chi connectivity index (χ0v) is 13.2. The van der Waals surface area contributed by atoms with Crippen molar-refractivity contribution >= 4 is 11.6 Å². The molecule has 0 bridgehead atoms. The average Bonchev–Trinajstić information content (AvgIpc) is 3.15. The fourth-order valence-electron chi connectivity index (χ4n) is 2.07. The van der Waals surface area contributed by atoms with E-state index in [2.05, 4.69) is 27.2 Å². The molecule has 0 atom stereocenters. The highest BCUT2D eigenvalue weighted by molar-refractivity contribution is 6.04. The predicted octanol–water partition coefficient (Wildman–Crippen LogP) is 3.28. The van der Waals surface area contributed by atoms with E-state index in [0.717, 1.165) is 17.8 Å². The van der Waals surface area contributed by atoms with Gasteiger partial charge in [-0.3, -0.25) is 4.79 Å². The Morgan fingerprint density at radius 2 is 1.73 bits per heavy atom. The van der Waals surface area contributed by atoms with Gasteiger partial charge in [0.15, 0.2) is 0 Å². The summed E-state index contributed by atoms with van der Waals surface area (Å²) in [7, 11) is 0. The number of alkyl halides is 3. The zero-order valence-electron chi connectivity index (χ0n) is 13.2. The van der Waals surface area contributed by atoms with Crippen molar-refractivity contribution in [3.05, 3.63) is 72.3 Å². The van der Waals surface area contributed by atoms with E-state index >= 15 is 0 Å². The van der Waals surface area contributed by atoms with Gasteiger partial charge in [0.05, 0.1) is 11.3 Å². The number of hydrogen-bond donors (Lipinski definition) is 1. The summed E-state index contributed by atoms with van der Waals surface area (Å²) in [4.78, 5) is 15.7. The quantitative estimate of drug-likeness (QED) is 0.717. The first-order chi connectivity index (χ1) is 12.4. The second-order valence-electron chi connectivity index (χ2n) is 5.17. The van der Waals surface area contributed by atoms with E-state index < -0.39 is 17.6 Å². The van der Waals surface area contributed by atoms with Crippen molar-refractivity contribution in [3.63, 3.8) is 0 Å². The highest BCUT2D eigenvalue weighted by Gasteiger charge is 2.29. The maximum atomic E-state index is 12.5. The van der Waals surface area contributed by atoms with E-state index in [0.29, 0.717) is 11.3 Å². The lowest BCUT2D eigenvalue weighted by atomic mass is 10.1. The lowest BCUT2D eigenvalue weighted by molar-refractivity contribution is -0.137. The molecule has 26 heavy (non-hydrogen) atoms. The van der Waals surface area contributed by atoms with E-state index in [1.807, 2.05) is 0 Å². The Hall–Kier alpha value is -3.60. The molecule has 130 valence electrons. The largest absolute Gasteiger partial charge is 0.416 e. The summed E-state index contributed by atoms with van der Waals surface area (Å²) >= 11 is 0. The SMILES string of the molecule is O=C(C#Cc1ccc(C(F)(F)F)cc1)Nc1ccc(-n2cncn2)cc1. The summed E-state index contributed by atoms with van der Waals surface area (Å²) in [5.74, 6) is 4.29. The monoisotopic (exact) mass is 356 g/mol. The molecule has 1 N–H and O–H groups in total. The van der Waals surface area contributed by atoms with Crippen LogP contribution in [0.25, 0.3) is 5.69 Å². The van der Waals surface area contributed by atoms with Crippen LogP contribution in [0.4, 0.5) is 18.9 Å². The first-order valence-electron chi connectivity index (χ1n) is 7.37. The molecule has 0 spiro atoms. The topological polar surface area (TPSA) is 59.8 Å². The molecule has 5 nitrogen and oxygen atoms in total. The van der Waals surface area contributed by atoms with Gasteiger partial charge in [-0.2, -0.15) is 18.3 Å². The van der Waals surface area contributed by atoms with E-state index in [1.165, 1.54) is 18.5 Å². The molecule has 0 aliphatic heterocycles. The second-order valence-corrected chi connectivity index (χ2v) is 5.17. The molecule has 0 aliphatic rings. The summed E-state index contributed by atoms with van der Waals surface area (Å²) in [6, 6.07) is 11.1. The number of nitrogens with one attached hydrogen (secondary N) is 1. The molecule has 2 aromatic carbocycles. The highest BCUT2D eigenvalue weighted by atomic mass is 19.4. The Morgan fingerprint density at radius 3 is 2.31 bits per heavy atom. The van der Waals surface area contributed by atoms with E-state index in [9.17, 15) is 18.0 Å². The molecule has 0 unspecified atom stereocenters. The number of halogens is 3. The molecule has 0 radical (unpaired) electrons. The van der Waals surface area contributed by atoms with Crippen LogP contribution < -0.4 is 5.32 Å².